The molecule has 0 unspecified atom stereocenters. The average Bonchev–Trinajstić information content (AvgIpc) is 1.41. The van der Waals surface area contributed by atoms with Crippen LogP contribution in [-0.2, 0) is 0 Å². The minimum Gasteiger partial charge on any atom is -0.726 e. The fraction of sp³-hybridized carbons (Fsp3) is 0.800. The van der Waals surface area contributed by atoms with Crippen LogP contribution >= 0.6 is 0 Å². The van der Waals surface area contributed by atoms with Gasteiger partial charge in [0.15, 0.2) is 0 Å². The summed E-state index contributed by atoms with van der Waals surface area (Å²) in [5.41, 5.74) is 0. The number of hydrogen-bond donors (Lipinski definition) is 0. The zero-order chi connectivity index (χ0) is 4.12. The standard InChI is InChI=1S/C4H10Ge.CH/c1-3-4-5-2;/h3-4H2,1-2H3;1H/q;-1. The molecular formula is C5H11Ge-. The summed E-state index contributed by atoms with van der Waals surface area (Å²) in [4.78, 5) is 0. The first-order chi connectivity index (χ1) is 2.41. The van der Waals surface area contributed by atoms with Crippen LogP contribution in [0.3, 0.4) is 0 Å². The first-order valence-corrected chi connectivity index (χ1v) is 5.64. The molecule has 0 fully saturated rings. The molecule has 0 aliphatic carbocycles. The van der Waals surface area contributed by atoms with Crippen molar-refractivity contribution in [1.82, 2.24) is 0 Å². The van der Waals surface area contributed by atoms with Crippen molar-refractivity contribution < 1.29 is 0 Å². The van der Waals surface area contributed by atoms with Crippen molar-refractivity contribution in [2.24, 2.45) is 0 Å². The van der Waals surface area contributed by atoms with Gasteiger partial charge in [-0.15, -0.1) is 0 Å². The molecule has 4 radical (unpaired) electrons. The van der Waals surface area contributed by atoms with Gasteiger partial charge in [-0.05, 0) is 0 Å². The Balaban J connectivity index is 0. The SMILES string of the molecule is CC[CH2][Ge][CH3].[CH-]. The first-order valence-electron chi connectivity index (χ1n) is 2.06. The van der Waals surface area contributed by atoms with Crippen molar-refractivity contribution >= 4 is 15.4 Å². The maximum atomic E-state index is 2.34. The van der Waals surface area contributed by atoms with Gasteiger partial charge in [0.1, 0.15) is 0 Å². The summed E-state index contributed by atoms with van der Waals surface area (Å²) in [6.45, 7) is 2.24. The van der Waals surface area contributed by atoms with Crippen molar-refractivity contribution in [3.8, 4) is 0 Å². The van der Waals surface area contributed by atoms with E-state index in [1.54, 1.807) is 0 Å². The van der Waals surface area contributed by atoms with Gasteiger partial charge in [0.05, 0.1) is 0 Å². The fourth-order valence-electron chi connectivity index (χ4n) is 0.250. The molecule has 0 atom stereocenters. The molecule has 0 saturated heterocycles. The van der Waals surface area contributed by atoms with Crippen LogP contribution in [0, 0.1) is 7.43 Å². The fourth-order valence-corrected chi connectivity index (χ4v) is 1.30. The first kappa shape index (κ1) is 9.74. The van der Waals surface area contributed by atoms with E-state index in [-0.39, 0.29) is 7.43 Å². The van der Waals surface area contributed by atoms with Gasteiger partial charge in [0.25, 0.3) is 0 Å². The summed E-state index contributed by atoms with van der Waals surface area (Å²) in [6.07, 6.45) is 1.40. The zero-order valence-electron chi connectivity index (χ0n) is 4.49. The molecule has 1 heteroatoms. The molecule has 0 amide bonds. The molecule has 0 heterocycles. The number of hydrogen-bond acceptors (Lipinski definition) is 0. The summed E-state index contributed by atoms with van der Waals surface area (Å²) in [7, 11) is 0. The maximum absolute atomic E-state index is 2.34. The normalized spacial score (nSPS) is 7.00. The van der Waals surface area contributed by atoms with E-state index in [1.165, 1.54) is 11.7 Å². The topological polar surface area (TPSA) is 0 Å². The molecule has 0 bridgehead atoms. The van der Waals surface area contributed by atoms with E-state index in [9.17, 15) is 0 Å². The van der Waals surface area contributed by atoms with Crippen LogP contribution in [0.15, 0.2) is 0 Å². The summed E-state index contributed by atoms with van der Waals surface area (Å²) in [5, 5.41) is 1.51. The Morgan fingerprint density at radius 1 is 1.50 bits per heavy atom. The van der Waals surface area contributed by atoms with Gasteiger partial charge in [0, 0.05) is 0 Å². The predicted molar refractivity (Wildman–Crippen MR) is 31.0 cm³/mol. The van der Waals surface area contributed by atoms with E-state index < -0.39 is 0 Å². The average molecular weight is 144 g/mol. The van der Waals surface area contributed by atoms with Crippen LogP contribution in [0.4, 0.5) is 0 Å². The van der Waals surface area contributed by atoms with E-state index in [4.69, 9.17) is 0 Å². The second-order valence-corrected chi connectivity index (χ2v) is 3.64. The molecule has 36 valence electrons. The largest absolute Gasteiger partial charge is 0.726 e. The molecule has 0 aromatic rings. The van der Waals surface area contributed by atoms with Crippen molar-refractivity contribution in [1.29, 1.82) is 0 Å². The molecule has 0 aliphatic rings. The van der Waals surface area contributed by atoms with Gasteiger partial charge in [0.2, 0.25) is 0 Å². The quantitative estimate of drug-likeness (QED) is 0.409. The third kappa shape index (κ3) is 8.82. The Hall–Kier alpha value is 0.543. The Labute approximate surface area is 47.8 Å². The zero-order valence-corrected chi connectivity index (χ0v) is 6.59. The Morgan fingerprint density at radius 2 is 2.00 bits per heavy atom. The molecule has 0 spiro atoms. The van der Waals surface area contributed by atoms with Gasteiger partial charge in [-0.25, -0.2) is 0 Å². The van der Waals surface area contributed by atoms with Gasteiger partial charge in [-0.1, -0.05) is 0 Å². The van der Waals surface area contributed by atoms with E-state index in [0.717, 1.165) is 0 Å². The van der Waals surface area contributed by atoms with Crippen LogP contribution in [0.25, 0.3) is 0 Å². The van der Waals surface area contributed by atoms with Crippen LogP contribution in [0.1, 0.15) is 13.3 Å². The van der Waals surface area contributed by atoms with Crippen molar-refractivity contribution in [2.75, 3.05) is 0 Å². The molecule has 0 N–H and O–H groups in total. The summed E-state index contributed by atoms with van der Waals surface area (Å²) >= 11 is 0.507. The third-order valence-electron chi connectivity index (χ3n) is 0.500. The summed E-state index contributed by atoms with van der Waals surface area (Å²) in [5.74, 6) is 2.34. The van der Waals surface area contributed by atoms with E-state index in [2.05, 4.69) is 12.7 Å². The van der Waals surface area contributed by atoms with Crippen molar-refractivity contribution in [3.05, 3.63) is 7.43 Å². The minimum atomic E-state index is 0. The van der Waals surface area contributed by atoms with Gasteiger partial charge in [-0.2, -0.15) is 0 Å². The molecule has 6 heavy (non-hydrogen) atoms. The smallest absolute Gasteiger partial charge is 0.726 e. The van der Waals surface area contributed by atoms with E-state index in [0.29, 0.717) is 15.4 Å². The monoisotopic (exact) mass is 145 g/mol. The second kappa shape index (κ2) is 9.11. The summed E-state index contributed by atoms with van der Waals surface area (Å²) < 4.78 is 0. The van der Waals surface area contributed by atoms with Crippen molar-refractivity contribution in [3.63, 3.8) is 0 Å². The van der Waals surface area contributed by atoms with Gasteiger partial charge >= 0.3 is 39.8 Å². The maximum Gasteiger partial charge on any atom is -0.726 e. The van der Waals surface area contributed by atoms with Crippen molar-refractivity contribution in [2.45, 2.75) is 24.4 Å². The Bertz CT molecular complexity index is 11.4. The molecule has 0 rings (SSSR count). The van der Waals surface area contributed by atoms with E-state index >= 15 is 0 Å². The van der Waals surface area contributed by atoms with Gasteiger partial charge in [-0.3, -0.25) is 0 Å². The Kier molecular flexibility index (Phi) is 14.8. The molecule has 0 nitrogen and oxygen atoms in total. The minimum absolute atomic E-state index is 0. The second-order valence-electron chi connectivity index (χ2n) is 1.10. The summed E-state index contributed by atoms with van der Waals surface area (Å²) in [6, 6.07) is 0. The third-order valence-corrected chi connectivity index (χ3v) is 2.60. The molecule has 0 aromatic heterocycles. The number of rotatable bonds is 2. The Morgan fingerprint density at radius 3 is 2.00 bits per heavy atom. The predicted octanol–water partition coefficient (Wildman–Crippen LogP) is 1.77. The molecule has 0 saturated carbocycles. The van der Waals surface area contributed by atoms with Crippen LogP contribution in [-0.4, -0.2) is 15.4 Å². The van der Waals surface area contributed by atoms with Crippen LogP contribution in [0.5, 0.6) is 0 Å². The van der Waals surface area contributed by atoms with E-state index in [1.807, 2.05) is 0 Å². The molecular weight excluding hydrogens is 133 g/mol. The molecule has 0 aliphatic heterocycles. The van der Waals surface area contributed by atoms with Gasteiger partial charge < -0.3 is 7.43 Å². The van der Waals surface area contributed by atoms with Crippen LogP contribution in [0.2, 0.25) is 11.0 Å². The molecule has 0 aromatic carbocycles. The van der Waals surface area contributed by atoms with Crippen LogP contribution < -0.4 is 0 Å².